The van der Waals surface area contributed by atoms with Crippen molar-refractivity contribution >= 4 is 5.84 Å². The summed E-state index contributed by atoms with van der Waals surface area (Å²) in [5.41, 5.74) is 7.86. The van der Waals surface area contributed by atoms with E-state index < -0.39 is 0 Å². The average Bonchev–Trinajstić information content (AvgIpc) is 2.77. The quantitative estimate of drug-likeness (QED) is 0.382. The molecular formula is C15H23N3O2. The van der Waals surface area contributed by atoms with Crippen LogP contribution in [0.2, 0.25) is 0 Å². The number of hydrogen-bond donors (Lipinski definition) is 2. The van der Waals surface area contributed by atoms with Crippen LogP contribution in [0.4, 0.5) is 0 Å². The fraction of sp³-hybridized carbons (Fsp3) is 0.533. The molecule has 1 heterocycles. The minimum Gasteiger partial charge on any atom is -0.496 e. The van der Waals surface area contributed by atoms with Crippen molar-refractivity contribution in [3.63, 3.8) is 0 Å². The lowest BCUT2D eigenvalue weighted by Gasteiger charge is -2.20. The maximum Gasteiger partial charge on any atom is 0.173 e. The summed E-state index contributed by atoms with van der Waals surface area (Å²) < 4.78 is 5.24. The van der Waals surface area contributed by atoms with Gasteiger partial charge < -0.3 is 15.7 Å². The van der Waals surface area contributed by atoms with Crippen LogP contribution in [0.25, 0.3) is 0 Å². The van der Waals surface area contributed by atoms with Crippen LogP contribution in [-0.4, -0.2) is 36.1 Å². The van der Waals surface area contributed by atoms with Crippen molar-refractivity contribution in [1.82, 2.24) is 4.90 Å². The molecule has 1 aliphatic rings. The highest BCUT2D eigenvalue weighted by Crippen LogP contribution is 2.30. The molecule has 3 N–H and O–H groups in total. The van der Waals surface area contributed by atoms with Gasteiger partial charge in [-0.2, -0.15) is 0 Å². The van der Waals surface area contributed by atoms with Gasteiger partial charge in [-0.1, -0.05) is 25.1 Å². The first-order chi connectivity index (χ1) is 9.45. The highest BCUT2D eigenvalue weighted by Gasteiger charge is 2.29. The molecule has 1 fully saturated rings. The summed E-state index contributed by atoms with van der Waals surface area (Å²) in [6.07, 6.45) is 1.22. The molecule has 1 aromatic rings. The summed E-state index contributed by atoms with van der Waals surface area (Å²) in [7, 11) is 1.58. The van der Waals surface area contributed by atoms with Crippen molar-refractivity contribution < 1.29 is 9.94 Å². The molecule has 0 aliphatic carbocycles. The molecule has 1 saturated heterocycles. The summed E-state index contributed by atoms with van der Waals surface area (Å²) in [6, 6.07) is 5.82. The van der Waals surface area contributed by atoms with Gasteiger partial charge in [-0.3, -0.25) is 4.90 Å². The summed E-state index contributed by atoms with van der Waals surface area (Å²) in [5.74, 6) is 0.691. The molecule has 20 heavy (non-hydrogen) atoms. The number of nitrogens with two attached hydrogens (primary N) is 1. The van der Waals surface area contributed by atoms with Gasteiger partial charge in [0.15, 0.2) is 5.84 Å². The van der Waals surface area contributed by atoms with Gasteiger partial charge in [-0.25, -0.2) is 0 Å². The molecule has 110 valence electrons. The molecule has 1 aliphatic heterocycles. The number of hydrogen-bond acceptors (Lipinski definition) is 4. The number of oxime groups is 1. The fourth-order valence-electron chi connectivity index (χ4n) is 2.72. The van der Waals surface area contributed by atoms with Crippen molar-refractivity contribution in [3.05, 3.63) is 29.3 Å². The van der Waals surface area contributed by atoms with E-state index in [0.717, 1.165) is 25.2 Å². The van der Waals surface area contributed by atoms with Gasteiger partial charge in [0.2, 0.25) is 0 Å². The molecule has 0 spiro atoms. The Balaban J connectivity index is 2.17. The molecule has 0 aromatic heterocycles. The number of benzene rings is 1. The topological polar surface area (TPSA) is 71.1 Å². The molecule has 5 nitrogen and oxygen atoms in total. The number of nitrogens with zero attached hydrogens (tertiary/aromatic N) is 2. The maximum absolute atomic E-state index is 8.85. The Hall–Kier alpha value is -1.75. The van der Waals surface area contributed by atoms with Crippen LogP contribution in [0.1, 0.15) is 31.4 Å². The monoisotopic (exact) mass is 277 g/mol. The van der Waals surface area contributed by atoms with Crippen molar-refractivity contribution in [1.29, 1.82) is 0 Å². The number of amidine groups is 1. The predicted molar refractivity (Wildman–Crippen MR) is 79.2 cm³/mol. The molecule has 0 amide bonds. The molecular weight excluding hydrogens is 254 g/mol. The first-order valence-electron chi connectivity index (χ1n) is 6.82. The van der Waals surface area contributed by atoms with Gasteiger partial charge in [-0.05, 0) is 36.1 Å². The van der Waals surface area contributed by atoms with Gasteiger partial charge in [0.05, 0.1) is 12.7 Å². The van der Waals surface area contributed by atoms with Gasteiger partial charge >= 0.3 is 0 Å². The second kappa shape index (κ2) is 5.71. The lowest BCUT2D eigenvalue weighted by atomic mass is 9.93. The minimum absolute atomic E-state index is 0.0745. The van der Waals surface area contributed by atoms with Crippen LogP contribution >= 0.6 is 0 Å². The molecule has 0 unspecified atom stereocenters. The van der Waals surface area contributed by atoms with Crippen molar-refractivity contribution in [2.75, 3.05) is 20.2 Å². The van der Waals surface area contributed by atoms with Crippen LogP contribution < -0.4 is 10.5 Å². The lowest BCUT2D eigenvalue weighted by Crippen LogP contribution is -2.23. The van der Waals surface area contributed by atoms with Crippen molar-refractivity contribution in [2.45, 2.75) is 26.8 Å². The zero-order valence-electron chi connectivity index (χ0n) is 12.4. The first kappa shape index (κ1) is 14.7. The molecule has 0 saturated carbocycles. The normalized spacial score (nSPS) is 19.2. The number of methoxy groups -OCH3 is 1. The van der Waals surface area contributed by atoms with Gasteiger partial charge in [-0.15, -0.1) is 0 Å². The second-order valence-corrected chi connectivity index (χ2v) is 6.14. The van der Waals surface area contributed by atoms with E-state index in [4.69, 9.17) is 15.7 Å². The van der Waals surface area contributed by atoms with E-state index in [0.29, 0.717) is 16.7 Å². The summed E-state index contributed by atoms with van der Waals surface area (Å²) in [6.45, 7) is 7.67. The molecule has 0 bridgehead atoms. The Labute approximate surface area is 120 Å². The number of likely N-dealkylation sites (tertiary alicyclic amines) is 1. The maximum atomic E-state index is 8.85. The van der Waals surface area contributed by atoms with Crippen molar-refractivity contribution in [2.24, 2.45) is 16.3 Å². The van der Waals surface area contributed by atoms with E-state index in [9.17, 15) is 0 Å². The largest absolute Gasteiger partial charge is 0.496 e. The highest BCUT2D eigenvalue weighted by atomic mass is 16.5. The van der Waals surface area contributed by atoms with E-state index in [-0.39, 0.29) is 5.84 Å². The Kier molecular flexibility index (Phi) is 4.18. The van der Waals surface area contributed by atoms with Gasteiger partial charge in [0.1, 0.15) is 5.75 Å². The fourth-order valence-corrected chi connectivity index (χ4v) is 2.72. The van der Waals surface area contributed by atoms with E-state index in [1.165, 1.54) is 6.42 Å². The van der Waals surface area contributed by atoms with Gasteiger partial charge in [0.25, 0.3) is 0 Å². The third-order valence-corrected chi connectivity index (χ3v) is 3.81. The third kappa shape index (κ3) is 3.22. The van der Waals surface area contributed by atoms with Crippen molar-refractivity contribution in [3.8, 4) is 5.75 Å². The van der Waals surface area contributed by atoms with E-state index >= 15 is 0 Å². The molecule has 1 aromatic carbocycles. The summed E-state index contributed by atoms with van der Waals surface area (Å²) in [4.78, 5) is 2.43. The van der Waals surface area contributed by atoms with Crippen LogP contribution in [-0.2, 0) is 6.54 Å². The van der Waals surface area contributed by atoms with E-state index in [2.05, 4.69) is 23.9 Å². The average molecular weight is 277 g/mol. The Morgan fingerprint density at radius 2 is 2.25 bits per heavy atom. The smallest absolute Gasteiger partial charge is 0.173 e. The molecule has 2 rings (SSSR count). The number of ether oxygens (including phenoxy) is 1. The van der Waals surface area contributed by atoms with Crippen LogP contribution in [0.15, 0.2) is 23.4 Å². The van der Waals surface area contributed by atoms with Crippen LogP contribution in [0.3, 0.4) is 0 Å². The zero-order valence-corrected chi connectivity index (χ0v) is 12.4. The van der Waals surface area contributed by atoms with E-state index in [1.54, 1.807) is 7.11 Å². The number of rotatable bonds is 4. The molecule has 0 atom stereocenters. The summed E-state index contributed by atoms with van der Waals surface area (Å²) >= 11 is 0. The Morgan fingerprint density at radius 3 is 2.80 bits per heavy atom. The van der Waals surface area contributed by atoms with E-state index in [1.807, 2.05) is 18.2 Å². The predicted octanol–water partition coefficient (Wildman–Crippen LogP) is 2.02. The zero-order chi connectivity index (χ0) is 14.8. The van der Waals surface area contributed by atoms with Crippen LogP contribution in [0, 0.1) is 5.41 Å². The third-order valence-electron chi connectivity index (χ3n) is 3.81. The summed E-state index contributed by atoms with van der Waals surface area (Å²) in [5, 5.41) is 11.9. The standard InChI is InChI=1S/C15H23N3O2/c1-15(2)6-7-18(10-15)9-11-4-5-13(20-3)12(8-11)14(16)17-19/h4-5,8,19H,6-7,9-10H2,1-3H3,(H2,16,17). The SMILES string of the molecule is COc1ccc(CN2CCC(C)(C)C2)cc1/C(N)=N/O. The van der Waals surface area contributed by atoms with Crippen LogP contribution in [0.5, 0.6) is 5.75 Å². The Bertz CT molecular complexity index is 512. The lowest BCUT2D eigenvalue weighted by molar-refractivity contribution is 0.284. The first-order valence-corrected chi connectivity index (χ1v) is 6.82. The second-order valence-electron chi connectivity index (χ2n) is 6.14. The minimum atomic E-state index is 0.0745. The highest BCUT2D eigenvalue weighted by molar-refractivity contribution is 5.99. The molecule has 0 radical (unpaired) electrons. The molecule has 5 heteroatoms. The Morgan fingerprint density at radius 1 is 1.50 bits per heavy atom. The van der Waals surface area contributed by atoms with Gasteiger partial charge in [0, 0.05) is 13.1 Å².